The summed E-state index contributed by atoms with van der Waals surface area (Å²) < 4.78 is 19.3. The third-order valence-corrected chi connectivity index (χ3v) is 4.07. The van der Waals surface area contributed by atoms with Crippen molar-refractivity contribution in [1.82, 2.24) is 9.78 Å². The highest BCUT2D eigenvalue weighted by Gasteiger charge is 2.40. The maximum Gasteiger partial charge on any atom is 0.168 e. The van der Waals surface area contributed by atoms with E-state index >= 15 is 0 Å². The van der Waals surface area contributed by atoms with E-state index in [-0.39, 0.29) is 5.79 Å². The third-order valence-electron chi connectivity index (χ3n) is 4.07. The van der Waals surface area contributed by atoms with Crippen molar-refractivity contribution in [3.05, 3.63) is 17.5 Å². The molecule has 1 aromatic rings. The van der Waals surface area contributed by atoms with Gasteiger partial charge in [0.25, 0.3) is 0 Å². The second-order valence-electron chi connectivity index (χ2n) is 5.52. The molecule has 0 amide bonds. The molecule has 1 aliphatic carbocycles. The van der Waals surface area contributed by atoms with Gasteiger partial charge in [0.2, 0.25) is 0 Å². The van der Waals surface area contributed by atoms with Gasteiger partial charge in [0.05, 0.1) is 37.3 Å². The summed E-state index contributed by atoms with van der Waals surface area (Å²) in [4.78, 5) is 0. The van der Waals surface area contributed by atoms with Crippen LogP contribution in [0.1, 0.15) is 37.1 Å². The van der Waals surface area contributed by atoms with Crippen LogP contribution < -0.4 is 0 Å². The summed E-state index contributed by atoms with van der Waals surface area (Å²) >= 11 is 0. The predicted molar refractivity (Wildman–Crippen MR) is 69.6 cm³/mol. The molecule has 0 radical (unpaired) electrons. The molecule has 19 heavy (non-hydrogen) atoms. The summed E-state index contributed by atoms with van der Waals surface area (Å²) in [6, 6.07) is 2.08. The van der Waals surface area contributed by atoms with Crippen molar-refractivity contribution in [2.75, 3.05) is 13.2 Å². The minimum atomic E-state index is -0.289. The number of aryl methyl sites for hydroxylation is 2. The smallest absolute Gasteiger partial charge is 0.168 e. The van der Waals surface area contributed by atoms with Crippen molar-refractivity contribution in [2.24, 2.45) is 7.05 Å². The maximum atomic E-state index is 5.99. The highest BCUT2D eigenvalue weighted by molar-refractivity contribution is 5.07. The number of nitrogens with zero attached hydrogens (tertiary/aromatic N) is 2. The fraction of sp³-hybridized carbons (Fsp3) is 0.786. The molecule has 106 valence electrons. The zero-order chi connectivity index (χ0) is 13.3. The lowest BCUT2D eigenvalue weighted by Gasteiger charge is -2.35. The molecule has 5 heteroatoms. The van der Waals surface area contributed by atoms with Gasteiger partial charge in [-0.15, -0.1) is 0 Å². The largest absolute Gasteiger partial charge is 0.372 e. The van der Waals surface area contributed by atoms with E-state index < -0.39 is 0 Å². The topological polar surface area (TPSA) is 45.5 Å². The molecular weight excluding hydrogens is 244 g/mol. The SMILES string of the molecule is Cc1cc(COC2CCC3(CC2)OCCO3)n(C)n1. The van der Waals surface area contributed by atoms with Crippen LogP contribution in [-0.2, 0) is 27.9 Å². The first kappa shape index (κ1) is 13.1. The molecule has 0 aromatic carbocycles. The first-order valence-corrected chi connectivity index (χ1v) is 7.06. The molecule has 0 bridgehead atoms. The zero-order valence-corrected chi connectivity index (χ0v) is 11.7. The van der Waals surface area contributed by atoms with Crippen molar-refractivity contribution < 1.29 is 14.2 Å². The van der Waals surface area contributed by atoms with Crippen LogP contribution in [0, 0.1) is 6.92 Å². The van der Waals surface area contributed by atoms with Crippen LogP contribution in [0.3, 0.4) is 0 Å². The summed E-state index contributed by atoms with van der Waals surface area (Å²) in [5.41, 5.74) is 2.17. The molecular formula is C14H22N2O3. The molecule has 0 N–H and O–H groups in total. The van der Waals surface area contributed by atoms with Gasteiger partial charge in [0, 0.05) is 19.9 Å². The lowest BCUT2D eigenvalue weighted by atomic mass is 9.92. The fourth-order valence-corrected chi connectivity index (χ4v) is 2.99. The average Bonchev–Trinajstić information content (AvgIpc) is 2.97. The van der Waals surface area contributed by atoms with Crippen LogP contribution in [-0.4, -0.2) is 34.9 Å². The molecule has 1 saturated carbocycles. The van der Waals surface area contributed by atoms with Gasteiger partial charge >= 0.3 is 0 Å². The lowest BCUT2D eigenvalue weighted by Crippen LogP contribution is -2.37. The highest BCUT2D eigenvalue weighted by Crippen LogP contribution is 2.36. The van der Waals surface area contributed by atoms with Crippen molar-refractivity contribution >= 4 is 0 Å². The van der Waals surface area contributed by atoms with E-state index in [2.05, 4.69) is 11.2 Å². The van der Waals surface area contributed by atoms with Crippen molar-refractivity contribution in [3.63, 3.8) is 0 Å². The normalized spacial score (nSPS) is 23.3. The van der Waals surface area contributed by atoms with E-state index in [1.165, 1.54) is 0 Å². The number of hydrogen-bond donors (Lipinski definition) is 0. The molecule has 1 aromatic heterocycles. The van der Waals surface area contributed by atoms with E-state index in [1.54, 1.807) is 0 Å². The molecule has 0 unspecified atom stereocenters. The minimum Gasteiger partial charge on any atom is -0.372 e. The molecule has 2 fully saturated rings. The standard InChI is InChI=1S/C14H22N2O3/c1-11-9-12(16(2)15-11)10-17-13-3-5-14(6-4-13)18-7-8-19-14/h9,13H,3-8,10H2,1-2H3. The predicted octanol–water partition coefficient (Wildman–Crippen LogP) is 1.93. The second-order valence-corrected chi connectivity index (χ2v) is 5.52. The monoisotopic (exact) mass is 266 g/mol. The Labute approximate surface area is 113 Å². The Balaban J connectivity index is 1.48. The Hall–Kier alpha value is -0.910. The number of ether oxygens (including phenoxy) is 3. The first-order valence-electron chi connectivity index (χ1n) is 7.06. The second kappa shape index (κ2) is 5.23. The van der Waals surface area contributed by atoms with Crippen LogP contribution >= 0.6 is 0 Å². The summed E-state index contributed by atoms with van der Waals surface area (Å²) in [6.07, 6.45) is 4.23. The Morgan fingerprint density at radius 3 is 2.63 bits per heavy atom. The molecule has 1 aliphatic heterocycles. The molecule has 1 saturated heterocycles. The van der Waals surface area contributed by atoms with Crippen molar-refractivity contribution in [3.8, 4) is 0 Å². The van der Waals surface area contributed by atoms with E-state index in [1.807, 2.05) is 18.7 Å². The van der Waals surface area contributed by atoms with Gasteiger partial charge < -0.3 is 14.2 Å². The first-order chi connectivity index (χ1) is 9.17. The van der Waals surface area contributed by atoms with Crippen LogP contribution in [0.25, 0.3) is 0 Å². The summed E-state index contributed by atoms with van der Waals surface area (Å²) in [6.45, 7) is 4.11. The van der Waals surface area contributed by atoms with Gasteiger partial charge in [-0.25, -0.2) is 0 Å². The Morgan fingerprint density at radius 2 is 2.05 bits per heavy atom. The van der Waals surface area contributed by atoms with Crippen LogP contribution in [0.15, 0.2) is 6.07 Å². The molecule has 2 heterocycles. The van der Waals surface area contributed by atoms with Gasteiger partial charge in [0.1, 0.15) is 0 Å². The van der Waals surface area contributed by atoms with Crippen molar-refractivity contribution in [2.45, 2.75) is 51.1 Å². The number of hydrogen-bond acceptors (Lipinski definition) is 4. The molecule has 0 atom stereocenters. The average molecular weight is 266 g/mol. The maximum absolute atomic E-state index is 5.99. The van der Waals surface area contributed by atoms with Gasteiger partial charge in [-0.05, 0) is 25.8 Å². The summed E-state index contributed by atoms with van der Waals surface area (Å²) in [5.74, 6) is -0.289. The third kappa shape index (κ3) is 2.83. The molecule has 5 nitrogen and oxygen atoms in total. The molecule has 1 spiro atoms. The molecule has 2 aliphatic rings. The fourth-order valence-electron chi connectivity index (χ4n) is 2.99. The van der Waals surface area contributed by atoms with Crippen molar-refractivity contribution in [1.29, 1.82) is 0 Å². The summed E-state index contributed by atoms with van der Waals surface area (Å²) in [7, 11) is 1.96. The lowest BCUT2D eigenvalue weighted by molar-refractivity contribution is -0.192. The quantitative estimate of drug-likeness (QED) is 0.838. The minimum absolute atomic E-state index is 0.289. The molecule has 3 rings (SSSR count). The van der Waals surface area contributed by atoms with Crippen LogP contribution in [0.5, 0.6) is 0 Å². The van der Waals surface area contributed by atoms with Crippen LogP contribution in [0.4, 0.5) is 0 Å². The highest BCUT2D eigenvalue weighted by atomic mass is 16.7. The van der Waals surface area contributed by atoms with Crippen LogP contribution in [0.2, 0.25) is 0 Å². The number of rotatable bonds is 3. The Morgan fingerprint density at radius 1 is 1.37 bits per heavy atom. The van der Waals surface area contributed by atoms with E-state index in [0.717, 1.165) is 50.3 Å². The van der Waals surface area contributed by atoms with E-state index in [0.29, 0.717) is 12.7 Å². The van der Waals surface area contributed by atoms with E-state index in [9.17, 15) is 0 Å². The zero-order valence-electron chi connectivity index (χ0n) is 11.7. The van der Waals surface area contributed by atoms with Gasteiger partial charge in [-0.3, -0.25) is 4.68 Å². The van der Waals surface area contributed by atoms with Gasteiger partial charge in [0.15, 0.2) is 5.79 Å². The van der Waals surface area contributed by atoms with Gasteiger partial charge in [-0.2, -0.15) is 5.10 Å². The van der Waals surface area contributed by atoms with E-state index in [4.69, 9.17) is 14.2 Å². The number of aromatic nitrogens is 2. The summed E-state index contributed by atoms with van der Waals surface area (Å²) in [5, 5.41) is 4.33. The Kier molecular flexibility index (Phi) is 3.60. The van der Waals surface area contributed by atoms with Gasteiger partial charge in [-0.1, -0.05) is 0 Å². The Bertz CT molecular complexity index is 428.